The van der Waals surface area contributed by atoms with E-state index in [2.05, 4.69) is 21.2 Å². The Morgan fingerprint density at radius 2 is 2.19 bits per heavy atom. The van der Waals surface area contributed by atoms with Gasteiger partial charge in [-0.1, -0.05) is 34.1 Å². The molecular weight excluding hydrogens is 268 g/mol. The summed E-state index contributed by atoms with van der Waals surface area (Å²) in [6.07, 6.45) is 1.00. The van der Waals surface area contributed by atoms with Crippen LogP contribution in [0.25, 0.3) is 0 Å². The van der Waals surface area contributed by atoms with Crippen LogP contribution < -0.4 is 5.32 Å². The molecule has 1 atom stereocenters. The summed E-state index contributed by atoms with van der Waals surface area (Å²) in [5.74, 6) is 0.143. The highest BCUT2D eigenvalue weighted by molar-refractivity contribution is 9.10. The number of halogens is 1. The normalized spacial score (nSPS) is 22.0. The average molecular weight is 283 g/mol. The fraction of sp³-hybridized carbons (Fsp3) is 0.417. The number of rotatable bonds is 1. The Morgan fingerprint density at radius 3 is 2.94 bits per heavy atom. The van der Waals surface area contributed by atoms with Gasteiger partial charge in [0, 0.05) is 18.1 Å². The van der Waals surface area contributed by atoms with Gasteiger partial charge >= 0.3 is 0 Å². The summed E-state index contributed by atoms with van der Waals surface area (Å²) in [4.78, 5) is 13.9. The number of amides is 1. The molecular formula is C12H15BrN2O. The van der Waals surface area contributed by atoms with Crippen molar-refractivity contribution >= 4 is 21.8 Å². The number of carbonyl (C=O) groups is 1. The Morgan fingerprint density at radius 1 is 1.44 bits per heavy atom. The number of likely N-dealkylation sites (N-methyl/N-ethyl adjacent to an activating group) is 1. The van der Waals surface area contributed by atoms with Gasteiger partial charge in [-0.15, -0.1) is 0 Å². The second-order valence-electron chi connectivity index (χ2n) is 4.02. The number of nitrogens with one attached hydrogen (secondary N) is 1. The second-order valence-corrected chi connectivity index (χ2v) is 4.88. The summed E-state index contributed by atoms with van der Waals surface area (Å²) in [6, 6.07) is 7.65. The summed E-state index contributed by atoms with van der Waals surface area (Å²) in [5, 5.41) is 3.30. The van der Waals surface area contributed by atoms with Crippen molar-refractivity contribution in [3.63, 3.8) is 0 Å². The van der Waals surface area contributed by atoms with Crippen LogP contribution in [-0.4, -0.2) is 30.9 Å². The number of benzene rings is 1. The molecule has 0 radical (unpaired) electrons. The van der Waals surface area contributed by atoms with Crippen molar-refractivity contribution in [1.82, 2.24) is 10.2 Å². The average Bonchev–Trinajstić information content (AvgIpc) is 2.44. The molecule has 1 aliphatic rings. The molecule has 0 aromatic heterocycles. The minimum atomic E-state index is -0.219. The van der Waals surface area contributed by atoms with Crippen LogP contribution in [0.3, 0.4) is 0 Å². The molecule has 0 aliphatic carbocycles. The van der Waals surface area contributed by atoms with Gasteiger partial charge in [0.15, 0.2) is 0 Å². The van der Waals surface area contributed by atoms with Crippen LogP contribution >= 0.6 is 15.9 Å². The molecule has 0 bridgehead atoms. The summed E-state index contributed by atoms with van der Waals surface area (Å²) >= 11 is 3.49. The van der Waals surface area contributed by atoms with Crippen LogP contribution in [0.4, 0.5) is 0 Å². The van der Waals surface area contributed by atoms with Gasteiger partial charge in [-0.2, -0.15) is 0 Å². The molecule has 1 aromatic carbocycles. The SMILES string of the molecule is CN1CCCNC(c2ccccc2Br)C1=O. The van der Waals surface area contributed by atoms with E-state index in [1.807, 2.05) is 31.3 Å². The lowest BCUT2D eigenvalue weighted by Gasteiger charge is -2.21. The number of nitrogens with zero attached hydrogens (tertiary/aromatic N) is 1. The molecule has 1 fully saturated rings. The van der Waals surface area contributed by atoms with Gasteiger partial charge in [0.25, 0.3) is 0 Å². The lowest BCUT2D eigenvalue weighted by atomic mass is 10.1. The quantitative estimate of drug-likeness (QED) is 0.854. The van der Waals surface area contributed by atoms with E-state index in [0.717, 1.165) is 29.5 Å². The third kappa shape index (κ3) is 2.28. The van der Waals surface area contributed by atoms with Gasteiger partial charge in [0.2, 0.25) is 5.91 Å². The Labute approximate surface area is 104 Å². The zero-order valence-electron chi connectivity index (χ0n) is 9.24. The summed E-state index contributed by atoms with van der Waals surface area (Å²) in [5.41, 5.74) is 1.02. The van der Waals surface area contributed by atoms with Gasteiger partial charge in [0.1, 0.15) is 6.04 Å². The van der Waals surface area contributed by atoms with Crippen LogP contribution in [-0.2, 0) is 4.79 Å². The van der Waals surface area contributed by atoms with Crippen molar-refractivity contribution in [2.24, 2.45) is 0 Å². The summed E-state index contributed by atoms with van der Waals surface area (Å²) in [6.45, 7) is 1.70. The number of hydrogen-bond donors (Lipinski definition) is 1. The number of hydrogen-bond acceptors (Lipinski definition) is 2. The molecule has 0 saturated carbocycles. The number of carbonyl (C=O) groups excluding carboxylic acids is 1. The van der Waals surface area contributed by atoms with Crippen molar-refractivity contribution in [3.8, 4) is 0 Å². The standard InChI is InChI=1S/C12H15BrN2O/c1-15-8-4-7-14-11(12(15)16)9-5-2-3-6-10(9)13/h2-3,5-6,11,14H,4,7-8H2,1H3. The van der Waals surface area contributed by atoms with Crippen molar-refractivity contribution in [3.05, 3.63) is 34.3 Å². The van der Waals surface area contributed by atoms with E-state index in [4.69, 9.17) is 0 Å². The van der Waals surface area contributed by atoms with E-state index >= 15 is 0 Å². The van der Waals surface area contributed by atoms with Crippen LogP contribution in [0.2, 0.25) is 0 Å². The highest BCUT2D eigenvalue weighted by Gasteiger charge is 2.26. The minimum absolute atomic E-state index is 0.143. The summed E-state index contributed by atoms with van der Waals surface area (Å²) < 4.78 is 0.983. The smallest absolute Gasteiger partial charge is 0.244 e. The predicted molar refractivity (Wildman–Crippen MR) is 67.1 cm³/mol. The maximum absolute atomic E-state index is 12.1. The highest BCUT2D eigenvalue weighted by Crippen LogP contribution is 2.25. The molecule has 1 amide bonds. The minimum Gasteiger partial charge on any atom is -0.344 e. The van der Waals surface area contributed by atoms with Crippen molar-refractivity contribution in [2.75, 3.05) is 20.1 Å². The molecule has 2 rings (SSSR count). The fourth-order valence-corrected chi connectivity index (χ4v) is 2.45. The first-order valence-electron chi connectivity index (χ1n) is 5.43. The predicted octanol–water partition coefficient (Wildman–Crippen LogP) is 1.94. The van der Waals surface area contributed by atoms with E-state index in [9.17, 15) is 4.79 Å². The van der Waals surface area contributed by atoms with Gasteiger partial charge in [-0.05, 0) is 24.6 Å². The fourth-order valence-electron chi connectivity index (χ4n) is 1.93. The van der Waals surface area contributed by atoms with Gasteiger partial charge in [-0.25, -0.2) is 0 Å². The van der Waals surface area contributed by atoms with Crippen LogP contribution in [0.5, 0.6) is 0 Å². The Balaban J connectivity index is 2.31. The molecule has 16 heavy (non-hydrogen) atoms. The van der Waals surface area contributed by atoms with E-state index < -0.39 is 0 Å². The molecule has 86 valence electrons. The van der Waals surface area contributed by atoms with E-state index in [1.165, 1.54) is 0 Å². The first-order chi connectivity index (χ1) is 7.70. The first kappa shape index (κ1) is 11.6. The molecule has 1 aromatic rings. The van der Waals surface area contributed by atoms with Gasteiger partial charge < -0.3 is 10.2 Å². The lowest BCUT2D eigenvalue weighted by Crippen LogP contribution is -2.35. The van der Waals surface area contributed by atoms with Crippen LogP contribution in [0, 0.1) is 0 Å². The Kier molecular flexibility index (Phi) is 3.61. The van der Waals surface area contributed by atoms with E-state index in [1.54, 1.807) is 4.90 Å². The topological polar surface area (TPSA) is 32.3 Å². The monoisotopic (exact) mass is 282 g/mol. The summed E-state index contributed by atoms with van der Waals surface area (Å²) in [7, 11) is 1.86. The van der Waals surface area contributed by atoms with Gasteiger partial charge in [-0.3, -0.25) is 4.79 Å². The van der Waals surface area contributed by atoms with Crippen LogP contribution in [0.1, 0.15) is 18.0 Å². The first-order valence-corrected chi connectivity index (χ1v) is 6.22. The zero-order valence-corrected chi connectivity index (χ0v) is 10.8. The molecule has 1 heterocycles. The lowest BCUT2D eigenvalue weighted by molar-refractivity contribution is -0.131. The Bertz CT molecular complexity index is 394. The third-order valence-electron chi connectivity index (χ3n) is 2.86. The van der Waals surface area contributed by atoms with Crippen molar-refractivity contribution in [1.29, 1.82) is 0 Å². The maximum Gasteiger partial charge on any atom is 0.244 e. The van der Waals surface area contributed by atoms with Gasteiger partial charge in [0.05, 0.1) is 0 Å². The molecule has 1 saturated heterocycles. The molecule has 1 aliphatic heterocycles. The third-order valence-corrected chi connectivity index (χ3v) is 3.58. The van der Waals surface area contributed by atoms with Crippen molar-refractivity contribution < 1.29 is 4.79 Å². The van der Waals surface area contributed by atoms with Crippen molar-refractivity contribution in [2.45, 2.75) is 12.5 Å². The molecule has 1 unspecified atom stereocenters. The van der Waals surface area contributed by atoms with E-state index in [-0.39, 0.29) is 11.9 Å². The maximum atomic E-state index is 12.1. The molecule has 3 nitrogen and oxygen atoms in total. The second kappa shape index (κ2) is 4.97. The molecule has 1 N–H and O–H groups in total. The van der Waals surface area contributed by atoms with Crippen LogP contribution in [0.15, 0.2) is 28.7 Å². The molecule has 0 spiro atoms. The Hall–Kier alpha value is -0.870. The largest absolute Gasteiger partial charge is 0.344 e. The zero-order chi connectivity index (χ0) is 11.5. The van der Waals surface area contributed by atoms with E-state index in [0.29, 0.717) is 0 Å². The highest BCUT2D eigenvalue weighted by atomic mass is 79.9. The molecule has 4 heteroatoms.